The second-order valence-electron chi connectivity index (χ2n) is 6.19. The van der Waals surface area contributed by atoms with Gasteiger partial charge in [0.05, 0.1) is 28.4 Å². The Bertz CT molecular complexity index is 1250. The second kappa shape index (κ2) is 7.78. The summed E-state index contributed by atoms with van der Waals surface area (Å²) in [5, 5.41) is 4.67. The van der Waals surface area contributed by atoms with Crippen molar-refractivity contribution in [3.8, 4) is 45.8 Å². The van der Waals surface area contributed by atoms with Gasteiger partial charge in [-0.25, -0.2) is 4.79 Å². The van der Waals surface area contributed by atoms with Crippen molar-refractivity contribution in [2.24, 2.45) is 0 Å². The monoisotopic (exact) mass is 410 g/mol. The van der Waals surface area contributed by atoms with Crippen LogP contribution in [0.3, 0.4) is 0 Å². The smallest absolute Gasteiger partial charge is 0.349 e. The fourth-order valence-electron chi connectivity index (χ4n) is 3.03. The highest BCUT2D eigenvalue weighted by molar-refractivity contribution is 5.81. The third-order valence-corrected chi connectivity index (χ3v) is 4.52. The van der Waals surface area contributed by atoms with Crippen molar-refractivity contribution in [2.45, 2.75) is 0 Å². The number of ether oxygens (including phenoxy) is 4. The molecule has 9 nitrogen and oxygen atoms in total. The van der Waals surface area contributed by atoms with Crippen molar-refractivity contribution in [2.75, 3.05) is 28.4 Å². The molecule has 0 aliphatic heterocycles. The second-order valence-corrected chi connectivity index (χ2v) is 6.19. The highest BCUT2D eigenvalue weighted by Gasteiger charge is 2.20. The molecule has 9 heteroatoms. The summed E-state index contributed by atoms with van der Waals surface area (Å²) in [6.07, 6.45) is 0. The van der Waals surface area contributed by atoms with Gasteiger partial charge in [0.1, 0.15) is 16.9 Å². The maximum Gasteiger partial charge on any atom is 0.349 e. The molecule has 0 saturated heterocycles. The van der Waals surface area contributed by atoms with Crippen LogP contribution in [0.4, 0.5) is 0 Å². The van der Waals surface area contributed by atoms with Crippen molar-refractivity contribution in [3.63, 3.8) is 0 Å². The van der Waals surface area contributed by atoms with E-state index in [0.29, 0.717) is 39.5 Å². The Morgan fingerprint density at radius 2 is 1.60 bits per heavy atom. The standard InChI is InChI=1S/C21H18N2O7/c1-25-13-6-5-11-7-14(21(24)29-15(11)10-13)20-22-19(23-30-20)12-8-16(26-2)18(28-4)17(9-12)27-3/h5-10H,1-4H3. The summed E-state index contributed by atoms with van der Waals surface area (Å²) < 4.78 is 31.9. The van der Waals surface area contributed by atoms with Crippen LogP contribution in [0.25, 0.3) is 33.8 Å². The van der Waals surface area contributed by atoms with E-state index in [9.17, 15) is 4.79 Å². The van der Waals surface area contributed by atoms with Crippen molar-refractivity contribution in [1.82, 2.24) is 10.1 Å². The summed E-state index contributed by atoms with van der Waals surface area (Å²) in [6.45, 7) is 0. The molecule has 2 heterocycles. The molecular weight excluding hydrogens is 392 g/mol. The molecule has 0 bridgehead atoms. The van der Waals surface area contributed by atoms with E-state index in [1.807, 2.05) is 0 Å². The molecule has 0 unspecified atom stereocenters. The lowest BCUT2D eigenvalue weighted by Gasteiger charge is -2.12. The van der Waals surface area contributed by atoms with Gasteiger partial charge in [0.2, 0.25) is 11.6 Å². The number of fused-ring (bicyclic) bond motifs is 1. The van der Waals surface area contributed by atoms with Gasteiger partial charge in [0.15, 0.2) is 11.5 Å². The molecule has 0 amide bonds. The van der Waals surface area contributed by atoms with Crippen LogP contribution in [0.5, 0.6) is 23.0 Å². The molecule has 2 aromatic heterocycles. The van der Waals surface area contributed by atoms with E-state index in [1.54, 1.807) is 36.4 Å². The largest absolute Gasteiger partial charge is 0.497 e. The lowest BCUT2D eigenvalue weighted by Crippen LogP contribution is -2.03. The van der Waals surface area contributed by atoms with E-state index in [0.717, 1.165) is 0 Å². The zero-order valence-corrected chi connectivity index (χ0v) is 16.7. The van der Waals surface area contributed by atoms with E-state index in [4.69, 9.17) is 27.9 Å². The number of aromatic nitrogens is 2. The average Bonchev–Trinajstić information content (AvgIpc) is 3.27. The van der Waals surface area contributed by atoms with E-state index >= 15 is 0 Å². The Balaban J connectivity index is 1.78. The lowest BCUT2D eigenvalue weighted by atomic mass is 10.1. The molecule has 4 aromatic rings. The summed E-state index contributed by atoms with van der Waals surface area (Å²) in [4.78, 5) is 16.8. The van der Waals surface area contributed by atoms with Crippen LogP contribution in [0.15, 0.2) is 50.1 Å². The normalized spacial score (nSPS) is 10.8. The molecule has 2 aromatic carbocycles. The molecule has 4 rings (SSSR count). The van der Waals surface area contributed by atoms with Crippen LogP contribution < -0.4 is 24.6 Å². The zero-order valence-electron chi connectivity index (χ0n) is 16.7. The van der Waals surface area contributed by atoms with E-state index in [1.165, 1.54) is 28.4 Å². The zero-order chi connectivity index (χ0) is 21.3. The third kappa shape index (κ3) is 3.30. The molecule has 0 fully saturated rings. The minimum atomic E-state index is -0.601. The summed E-state index contributed by atoms with van der Waals surface area (Å²) >= 11 is 0. The number of benzene rings is 2. The van der Waals surface area contributed by atoms with Crippen LogP contribution in [-0.2, 0) is 0 Å². The van der Waals surface area contributed by atoms with Gasteiger partial charge >= 0.3 is 5.63 Å². The molecule has 0 aliphatic rings. The van der Waals surface area contributed by atoms with Crippen molar-refractivity contribution < 1.29 is 27.9 Å². The van der Waals surface area contributed by atoms with E-state index in [-0.39, 0.29) is 17.3 Å². The topological polar surface area (TPSA) is 106 Å². The quantitative estimate of drug-likeness (QED) is 0.441. The predicted molar refractivity (Wildman–Crippen MR) is 107 cm³/mol. The predicted octanol–water partition coefficient (Wildman–Crippen LogP) is 3.54. The van der Waals surface area contributed by atoms with Gasteiger partial charge in [0.25, 0.3) is 5.89 Å². The number of hydrogen-bond donors (Lipinski definition) is 0. The number of methoxy groups -OCH3 is 4. The van der Waals surface area contributed by atoms with Crippen molar-refractivity contribution in [1.29, 1.82) is 0 Å². The molecule has 0 radical (unpaired) electrons. The summed E-state index contributed by atoms with van der Waals surface area (Å²) in [7, 11) is 6.08. The molecule has 0 N–H and O–H groups in total. The van der Waals surface area contributed by atoms with Gasteiger partial charge in [-0.3, -0.25) is 0 Å². The first kappa shape index (κ1) is 19.3. The molecule has 0 saturated carbocycles. The van der Waals surface area contributed by atoms with Crippen LogP contribution in [0.1, 0.15) is 0 Å². The van der Waals surface area contributed by atoms with Gasteiger partial charge < -0.3 is 27.9 Å². The molecule has 0 spiro atoms. The first-order valence-corrected chi connectivity index (χ1v) is 8.84. The molecular formula is C21H18N2O7. The third-order valence-electron chi connectivity index (χ3n) is 4.52. The fourth-order valence-corrected chi connectivity index (χ4v) is 3.03. The summed E-state index contributed by atoms with van der Waals surface area (Å²) in [5.41, 5.74) is 0.511. The Kier molecular flexibility index (Phi) is 5.01. The summed E-state index contributed by atoms with van der Waals surface area (Å²) in [6, 6.07) is 10.2. The van der Waals surface area contributed by atoms with E-state index in [2.05, 4.69) is 10.1 Å². The molecule has 0 atom stereocenters. The van der Waals surface area contributed by atoms with Crippen LogP contribution in [0, 0.1) is 0 Å². The maximum absolute atomic E-state index is 12.5. The van der Waals surface area contributed by atoms with Crippen molar-refractivity contribution in [3.05, 3.63) is 46.8 Å². The Hall–Kier alpha value is -4.01. The fraction of sp³-hybridized carbons (Fsp3) is 0.190. The Morgan fingerprint density at radius 3 is 2.23 bits per heavy atom. The van der Waals surface area contributed by atoms with E-state index < -0.39 is 5.63 Å². The SMILES string of the molecule is COc1ccc2cc(-c3nc(-c4cc(OC)c(OC)c(OC)c4)no3)c(=O)oc2c1. The molecule has 30 heavy (non-hydrogen) atoms. The minimum Gasteiger partial charge on any atom is -0.497 e. The summed E-state index contributed by atoms with van der Waals surface area (Å²) in [5.74, 6) is 2.19. The van der Waals surface area contributed by atoms with Gasteiger partial charge in [-0.15, -0.1) is 0 Å². The highest BCUT2D eigenvalue weighted by atomic mass is 16.5. The minimum absolute atomic E-state index is 0.0326. The van der Waals surface area contributed by atoms with Gasteiger partial charge in [0, 0.05) is 17.0 Å². The lowest BCUT2D eigenvalue weighted by molar-refractivity contribution is 0.324. The van der Waals surface area contributed by atoms with Crippen LogP contribution >= 0.6 is 0 Å². The molecule has 154 valence electrons. The first-order valence-electron chi connectivity index (χ1n) is 8.84. The number of rotatable bonds is 6. The molecule has 0 aliphatic carbocycles. The Labute approximate surface area is 170 Å². The maximum atomic E-state index is 12.5. The van der Waals surface area contributed by atoms with Crippen LogP contribution in [-0.4, -0.2) is 38.6 Å². The van der Waals surface area contributed by atoms with Crippen LogP contribution in [0.2, 0.25) is 0 Å². The number of nitrogens with zero attached hydrogens (tertiary/aromatic N) is 2. The number of hydrogen-bond acceptors (Lipinski definition) is 9. The Morgan fingerprint density at radius 1 is 0.867 bits per heavy atom. The average molecular weight is 410 g/mol. The van der Waals surface area contributed by atoms with Crippen molar-refractivity contribution >= 4 is 11.0 Å². The van der Waals surface area contributed by atoms with Gasteiger partial charge in [-0.2, -0.15) is 4.98 Å². The van der Waals surface area contributed by atoms with Gasteiger partial charge in [-0.1, -0.05) is 5.16 Å². The first-order chi connectivity index (χ1) is 14.6. The van der Waals surface area contributed by atoms with Gasteiger partial charge in [-0.05, 0) is 30.3 Å². The highest BCUT2D eigenvalue weighted by Crippen LogP contribution is 2.40.